The van der Waals surface area contributed by atoms with E-state index < -0.39 is 0 Å². The summed E-state index contributed by atoms with van der Waals surface area (Å²) in [4.78, 5) is 12.4. The molecule has 2 nitrogen and oxygen atoms in total. The Hall–Kier alpha value is -2.35. The highest BCUT2D eigenvalue weighted by Gasteiger charge is 2.26. The van der Waals surface area contributed by atoms with E-state index in [1.807, 2.05) is 18.2 Å². The number of carbonyl (C=O) groups is 1. The van der Waals surface area contributed by atoms with E-state index in [-0.39, 0.29) is 11.4 Å². The molecule has 0 N–H and O–H groups in total. The molecule has 1 aliphatic rings. The molecule has 0 fully saturated rings. The average molecular weight is 433 g/mol. The van der Waals surface area contributed by atoms with Crippen molar-refractivity contribution in [3.8, 4) is 0 Å². The third-order valence-electron chi connectivity index (χ3n) is 6.82. The lowest BCUT2D eigenvalue weighted by Gasteiger charge is -2.32. The summed E-state index contributed by atoms with van der Waals surface area (Å²) in [6.45, 7) is 9.71. The first-order valence-corrected chi connectivity index (χ1v) is 12.5. The molecule has 0 amide bonds. The summed E-state index contributed by atoms with van der Waals surface area (Å²) in [6.07, 6.45) is 15.4. The number of unbranched alkanes of at least 4 members (excludes halogenated alkanes) is 5. The summed E-state index contributed by atoms with van der Waals surface area (Å²) < 4.78 is 5.49. The molecule has 0 radical (unpaired) electrons. The van der Waals surface area contributed by atoms with E-state index in [0.717, 1.165) is 23.6 Å². The van der Waals surface area contributed by atoms with Gasteiger partial charge in [-0.15, -0.1) is 0 Å². The highest BCUT2D eigenvalue weighted by atomic mass is 16.5. The van der Waals surface area contributed by atoms with Gasteiger partial charge < -0.3 is 4.74 Å². The van der Waals surface area contributed by atoms with Crippen LogP contribution in [0.4, 0.5) is 0 Å². The van der Waals surface area contributed by atoms with Gasteiger partial charge in [0.25, 0.3) is 0 Å². The van der Waals surface area contributed by atoms with Crippen molar-refractivity contribution >= 4 is 22.8 Å². The number of esters is 1. The van der Waals surface area contributed by atoms with Crippen LogP contribution in [-0.4, -0.2) is 12.6 Å². The van der Waals surface area contributed by atoms with Crippen molar-refractivity contribution < 1.29 is 9.53 Å². The van der Waals surface area contributed by atoms with Gasteiger partial charge in [-0.3, -0.25) is 0 Å². The third kappa shape index (κ3) is 6.58. The number of carbonyl (C=O) groups excluding carboxylic acids is 1. The molecule has 0 saturated carbocycles. The van der Waals surface area contributed by atoms with Gasteiger partial charge >= 0.3 is 5.97 Å². The Morgan fingerprint density at radius 3 is 2.47 bits per heavy atom. The quantitative estimate of drug-likeness (QED) is 0.277. The lowest BCUT2D eigenvalue weighted by atomic mass is 9.72. The fraction of sp³-hybridized carbons (Fsp3) is 0.500. The lowest BCUT2D eigenvalue weighted by molar-refractivity contribution is 0.0498. The van der Waals surface area contributed by atoms with Crippen LogP contribution in [0.25, 0.3) is 16.8 Å². The molecule has 0 unspecified atom stereocenters. The third-order valence-corrected chi connectivity index (χ3v) is 6.82. The van der Waals surface area contributed by atoms with E-state index in [9.17, 15) is 4.79 Å². The second-order valence-electron chi connectivity index (χ2n) is 9.99. The van der Waals surface area contributed by atoms with Gasteiger partial charge in [0, 0.05) is 0 Å². The molecule has 0 heterocycles. The smallest absolute Gasteiger partial charge is 0.338 e. The van der Waals surface area contributed by atoms with Crippen molar-refractivity contribution in [2.45, 2.75) is 85.5 Å². The van der Waals surface area contributed by atoms with Crippen LogP contribution in [0.3, 0.4) is 0 Å². The number of hydrogen-bond donors (Lipinski definition) is 0. The second kappa shape index (κ2) is 11.5. The van der Waals surface area contributed by atoms with Crippen LogP contribution in [0.2, 0.25) is 0 Å². The van der Waals surface area contributed by atoms with Crippen molar-refractivity contribution in [3.05, 3.63) is 64.7 Å². The zero-order valence-electron chi connectivity index (χ0n) is 20.5. The highest BCUT2D eigenvalue weighted by molar-refractivity contribution is 5.96. The van der Waals surface area contributed by atoms with Crippen LogP contribution < -0.4 is 0 Å². The molecular weight excluding hydrogens is 392 g/mol. The van der Waals surface area contributed by atoms with E-state index in [1.54, 1.807) is 0 Å². The lowest BCUT2D eigenvalue weighted by Crippen LogP contribution is -2.18. The summed E-state index contributed by atoms with van der Waals surface area (Å²) in [7, 11) is 0. The van der Waals surface area contributed by atoms with Gasteiger partial charge in [-0.25, -0.2) is 4.79 Å². The van der Waals surface area contributed by atoms with Crippen molar-refractivity contribution in [2.24, 2.45) is 5.41 Å². The first kappa shape index (κ1) is 24.3. The zero-order chi connectivity index (χ0) is 23.0. The number of hydrogen-bond acceptors (Lipinski definition) is 2. The van der Waals surface area contributed by atoms with Crippen LogP contribution in [0.1, 0.15) is 101 Å². The van der Waals surface area contributed by atoms with Crippen LogP contribution in [0, 0.1) is 5.41 Å². The molecule has 2 aromatic carbocycles. The molecule has 0 aromatic heterocycles. The summed E-state index contributed by atoms with van der Waals surface area (Å²) in [5.41, 5.74) is 5.07. The van der Waals surface area contributed by atoms with Gasteiger partial charge in [-0.2, -0.15) is 0 Å². The number of rotatable bonds is 10. The second-order valence-corrected chi connectivity index (χ2v) is 9.99. The molecule has 2 heteroatoms. The van der Waals surface area contributed by atoms with E-state index in [1.165, 1.54) is 61.7 Å². The fourth-order valence-electron chi connectivity index (χ4n) is 4.82. The molecule has 32 heavy (non-hydrogen) atoms. The largest absolute Gasteiger partial charge is 0.462 e. The van der Waals surface area contributed by atoms with E-state index in [4.69, 9.17) is 4.74 Å². The molecule has 0 atom stereocenters. The summed E-state index contributed by atoms with van der Waals surface area (Å²) in [5.74, 6) is -0.216. The van der Waals surface area contributed by atoms with Gasteiger partial charge in [-0.1, -0.05) is 88.8 Å². The van der Waals surface area contributed by atoms with Gasteiger partial charge in [0.05, 0.1) is 12.2 Å². The average Bonchev–Trinajstić information content (AvgIpc) is 2.77. The first-order chi connectivity index (χ1) is 15.4. The number of fused-ring (bicyclic) bond motifs is 1. The number of benzene rings is 2. The molecule has 0 spiro atoms. The Morgan fingerprint density at radius 1 is 0.969 bits per heavy atom. The topological polar surface area (TPSA) is 26.3 Å². The van der Waals surface area contributed by atoms with Gasteiger partial charge in [0.2, 0.25) is 0 Å². The molecule has 0 saturated heterocycles. The molecule has 0 aliphatic heterocycles. The summed E-state index contributed by atoms with van der Waals surface area (Å²) >= 11 is 0. The summed E-state index contributed by atoms with van der Waals surface area (Å²) in [6, 6.07) is 12.3. The van der Waals surface area contributed by atoms with Gasteiger partial charge in [-0.05, 0) is 78.1 Å². The SMILES string of the molecule is CCCCCCCCOC(=O)c1ccc2cc(C=CC3=C(C)CCCC3(C)C)ccc2c1. The predicted octanol–water partition coefficient (Wildman–Crippen LogP) is 8.90. The number of allylic oxidation sites excluding steroid dienone is 3. The van der Waals surface area contributed by atoms with Crippen LogP contribution in [-0.2, 0) is 4.74 Å². The maximum Gasteiger partial charge on any atom is 0.338 e. The Kier molecular flexibility index (Phi) is 8.73. The molecule has 3 rings (SSSR count). The van der Waals surface area contributed by atoms with E-state index in [2.05, 4.69) is 58.0 Å². The van der Waals surface area contributed by atoms with Crippen molar-refractivity contribution in [1.29, 1.82) is 0 Å². The van der Waals surface area contributed by atoms with Crippen LogP contribution in [0.5, 0.6) is 0 Å². The monoisotopic (exact) mass is 432 g/mol. The minimum absolute atomic E-state index is 0.216. The fourth-order valence-corrected chi connectivity index (χ4v) is 4.82. The van der Waals surface area contributed by atoms with Gasteiger partial charge in [0.15, 0.2) is 0 Å². The summed E-state index contributed by atoms with van der Waals surface area (Å²) in [5, 5.41) is 2.22. The van der Waals surface area contributed by atoms with Crippen LogP contribution >= 0.6 is 0 Å². The van der Waals surface area contributed by atoms with E-state index in [0.29, 0.717) is 12.2 Å². The Balaban J connectivity index is 1.61. The normalized spacial score (nSPS) is 16.1. The molecular formula is C30H40O2. The van der Waals surface area contributed by atoms with Gasteiger partial charge in [0.1, 0.15) is 0 Å². The maximum atomic E-state index is 12.4. The zero-order valence-corrected chi connectivity index (χ0v) is 20.5. The molecule has 0 bridgehead atoms. The Morgan fingerprint density at radius 2 is 1.69 bits per heavy atom. The van der Waals surface area contributed by atoms with Crippen molar-refractivity contribution in [3.63, 3.8) is 0 Å². The Labute approximate surface area is 194 Å². The van der Waals surface area contributed by atoms with E-state index >= 15 is 0 Å². The van der Waals surface area contributed by atoms with Crippen molar-refractivity contribution in [2.75, 3.05) is 6.61 Å². The number of ether oxygens (including phenoxy) is 1. The van der Waals surface area contributed by atoms with Crippen LogP contribution in [0.15, 0.2) is 53.6 Å². The first-order valence-electron chi connectivity index (χ1n) is 12.5. The molecule has 2 aromatic rings. The standard InChI is InChI=1S/C30H40O2/c1-5-6-7-8-9-10-20-32-29(31)27-17-16-25-21-24(13-15-26(25)22-27)14-18-28-23(2)12-11-19-30(28,3)4/h13-18,21-22H,5-12,19-20H2,1-4H3. The van der Waals surface area contributed by atoms with Crippen molar-refractivity contribution in [1.82, 2.24) is 0 Å². The maximum absolute atomic E-state index is 12.4. The highest BCUT2D eigenvalue weighted by Crippen LogP contribution is 2.41. The minimum Gasteiger partial charge on any atom is -0.462 e. The molecule has 1 aliphatic carbocycles. The minimum atomic E-state index is -0.216. The Bertz CT molecular complexity index is 977. The predicted molar refractivity (Wildman–Crippen MR) is 137 cm³/mol. The molecule has 172 valence electrons.